The molecule has 0 aromatic heterocycles. The Hall–Kier alpha value is 1.07. The average molecular weight is 157 g/mol. The highest BCUT2D eigenvalue weighted by Crippen LogP contribution is 2.47. The minimum Gasteiger partial charge on any atom is -0.0806 e. The maximum Gasteiger partial charge on any atom is 0.101 e. The second-order valence-corrected chi connectivity index (χ2v) is 5.40. The van der Waals surface area contributed by atoms with E-state index in [-0.39, 0.29) is 0 Å². The first-order chi connectivity index (χ1) is 3.27. The largest absolute Gasteiger partial charge is 0.101 e. The van der Waals surface area contributed by atoms with E-state index in [1.807, 2.05) is 0 Å². The molecule has 0 fully saturated rings. The summed E-state index contributed by atoms with van der Waals surface area (Å²) in [6, 6.07) is 0. The van der Waals surface area contributed by atoms with E-state index >= 15 is 0 Å². The van der Waals surface area contributed by atoms with Gasteiger partial charge in [0.2, 0.25) is 0 Å². The summed E-state index contributed by atoms with van der Waals surface area (Å²) in [5.74, 6) is 0. The number of rotatable bonds is 3. The van der Waals surface area contributed by atoms with Crippen LogP contribution in [-0.2, 0) is 0 Å². The molecule has 0 aromatic rings. The molecule has 0 bridgehead atoms. The molecule has 0 saturated heterocycles. The monoisotopic (exact) mass is 156 g/mol. The maximum atomic E-state index is 5.49. The fourth-order valence-corrected chi connectivity index (χ4v) is 1.55. The zero-order chi connectivity index (χ0) is 5.70. The van der Waals surface area contributed by atoms with Gasteiger partial charge in [-0.2, -0.15) is 0 Å². The van der Waals surface area contributed by atoms with Crippen molar-refractivity contribution in [2.24, 2.45) is 0 Å². The summed E-state index contributed by atoms with van der Waals surface area (Å²) in [5, 5.41) is 0. The van der Waals surface area contributed by atoms with Crippen LogP contribution in [0, 0.1) is 0 Å². The second kappa shape index (κ2) is 5.22. The van der Waals surface area contributed by atoms with Gasteiger partial charge in [-0.05, 0) is 6.16 Å². The van der Waals surface area contributed by atoms with Crippen LogP contribution >= 0.6 is 29.1 Å². The lowest BCUT2D eigenvalue weighted by molar-refractivity contribution is 1.10. The molecule has 0 aliphatic rings. The third-order valence-corrected chi connectivity index (χ3v) is 2.35. The fourth-order valence-electron chi connectivity index (χ4n) is 0.278. The molecular weight excluding hydrogens is 149 g/mol. The molecule has 0 heterocycles. The van der Waals surface area contributed by atoms with E-state index in [1.165, 1.54) is 12.7 Å². The SMILES string of the molecule is BCCCP(Cl)Cl. The standard InChI is InChI=1S/C3H8BCl2P/c4-2-1-3-7(5)6/h1-4H2. The molecular formula is C3H8BCl2P. The van der Waals surface area contributed by atoms with Gasteiger partial charge in [-0.1, -0.05) is 35.2 Å². The Labute approximate surface area is 56.3 Å². The minimum absolute atomic E-state index is 0.662. The summed E-state index contributed by atoms with van der Waals surface area (Å²) < 4.78 is 0. The molecule has 0 amide bonds. The topological polar surface area (TPSA) is 0 Å². The van der Waals surface area contributed by atoms with Crippen molar-refractivity contribution in [1.82, 2.24) is 0 Å². The zero-order valence-corrected chi connectivity index (χ0v) is 6.73. The van der Waals surface area contributed by atoms with Crippen LogP contribution in [0.1, 0.15) is 6.42 Å². The van der Waals surface area contributed by atoms with E-state index in [0.29, 0.717) is 0 Å². The van der Waals surface area contributed by atoms with Crippen LogP contribution in [0.3, 0.4) is 0 Å². The fraction of sp³-hybridized carbons (Fsp3) is 1.00. The van der Waals surface area contributed by atoms with Crippen LogP contribution in [-0.4, -0.2) is 14.0 Å². The van der Waals surface area contributed by atoms with Crippen molar-refractivity contribution in [2.75, 3.05) is 6.16 Å². The number of halogens is 2. The first kappa shape index (κ1) is 8.07. The van der Waals surface area contributed by atoms with E-state index in [0.717, 1.165) is 6.16 Å². The highest BCUT2D eigenvalue weighted by molar-refractivity contribution is 8.03. The summed E-state index contributed by atoms with van der Waals surface area (Å²) in [6.45, 7) is -0.662. The normalized spacial score (nSPS) is 10.1. The summed E-state index contributed by atoms with van der Waals surface area (Å²) in [5.41, 5.74) is 0. The average Bonchev–Trinajstić information content (AvgIpc) is 1.61. The molecule has 0 rings (SSSR count). The maximum absolute atomic E-state index is 5.49. The van der Waals surface area contributed by atoms with Crippen molar-refractivity contribution in [3.8, 4) is 0 Å². The van der Waals surface area contributed by atoms with Gasteiger partial charge in [0.1, 0.15) is 7.85 Å². The van der Waals surface area contributed by atoms with Crippen LogP contribution < -0.4 is 0 Å². The Morgan fingerprint density at radius 1 is 1.43 bits per heavy atom. The molecule has 0 radical (unpaired) electrons. The van der Waals surface area contributed by atoms with E-state index < -0.39 is 6.63 Å². The Morgan fingerprint density at radius 2 is 2.00 bits per heavy atom. The second-order valence-electron chi connectivity index (χ2n) is 1.38. The van der Waals surface area contributed by atoms with Crippen LogP contribution in [0.4, 0.5) is 0 Å². The van der Waals surface area contributed by atoms with E-state index in [1.54, 1.807) is 0 Å². The van der Waals surface area contributed by atoms with Crippen LogP contribution in [0.15, 0.2) is 0 Å². The third-order valence-electron chi connectivity index (χ3n) is 0.681. The summed E-state index contributed by atoms with van der Waals surface area (Å²) in [4.78, 5) is 0. The van der Waals surface area contributed by atoms with Gasteiger partial charge in [-0.3, -0.25) is 0 Å². The molecule has 0 atom stereocenters. The highest BCUT2D eigenvalue weighted by Gasteiger charge is 1.94. The van der Waals surface area contributed by atoms with Gasteiger partial charge in [-0.25, -0.2) is 0 Å². The molecule has 0 aromatic carbocycles. The molecule has 42 valence electrons. The molecule has 0 nitrogen and oxygen atoms in total. The smallest absolute Gasteiger partial charge is 0.0806 e. The molecule has 0 aliphatic heterocycles. The Bertz CT molecular complexity index is 41.9. The Morgan fingerprint density at radius 3 is 2.14 bits per heavy atom. The van der Waals surface area contributed by atoms with E-state index in [4.69, 9.17) is 22.5 Å². The third kappa shape index (κ3) is 7.07. The van der Waals surface area contributed by atoms with Gasteiger partial charge in [0.05, 0.1) is 6.63 Å². The first-order valence-electron chi connectivity index (χ1n) is 2.36. The summed E-state index contributed by atoms with van der Waals surface area (Å²) in [6.07, 6.45) is 3.35. The quantitative estimate of drug-likeness (QED) is 0.435. The van der Waals surface area contributed by atoms with Gasteiger partial charge in [0.15, 0.2) is 0 Å². The van der Waals surface area contributed by atoms with Crippen molar-refractivity contribution >= 4 is 37.0 Å². The molecule has 0 aliphatic carbocycles. The van der Waals surface area contributed by atoms with Gasteiger partial charge < -0.3 is 0 Å². The molecule has 0 saturated carbocycles. The van der Waals surface area contributed by atoms with Crippen molar-refractivity contribution < 1.29 is 0 Å². The molecule has 7 heavy (non-hydrogen) atoms. The highest BCUT2D eigenvalue weighted by atomic mass is 35.9. The van der Waals surface area contributed by atoms with Crippen LogP contribution in [0.5, 0.6) is 0 Å². The molecule has 0 unspecified atom stereocenters. The van der Waals surface area contributed by atoms with Crippen molar-refractivity contribution in [2.45, 2.75) is 12.7 Å². The van der Waals surface area contributed by atoms with Gasteiger partial charge in [0, 0.05) is 0 Å². The van der Waals surface area contributed by atoms with Crippen LogP contribution in [0.25, 0.3) is 0 Å². The Kier molecular flexibility index (Phi) is 6.02. The molecule has 4 heteroatoms. The van der Waals surface area contributed by atoms with Crippen molar-refractivity contribution in [3.05, 3.63) is 0 Å². The number of hydrogen-bond acceptors (Lipinski definition) is 0. The lowest BCUT2D eigenvalue weighted by Gasteiger charge is -1.93. The van der Waals surface area contributed by atoms with Gasteiger partial charge in [-0.15, -0.1) is 0 Å². The van der Waals surface area contributed by atoms with E-state index in [9.17, 15) is 0 Å². The lowest BCUT2D eigenvalue weighted by Crippen LogP contribution is -1.73. The van der Waals surface area contributed by atoms with E-state index in [2.05, 4.69) is 7.85 Å². The summed E-state index contributed by atoms with van der Waals surface area (Å²) in [7, 11) is 2.13. The summed E-state index contributed by atoms with van der Waals surface area (Å²) >= 11 is 11.0. The van der Waals surface area contributed by atoms with Gasteiger partial charge in [0.25, 0.3) is 0 Å². The van der Waals surface area contributed by atoms with Crippen molar-refractivity contribution in [3.63, 3.8) is 0 Å². The first-order valence-corrected chi connectivity index (χ1v) is 5.70. The van der Waals surface area contributed by atoms with Gasteiger partial charge >= 0.3 is 0 Å². The number of hydrogen-bond donors (Lipinski definition) is 0. The molecule has 0 N–H and O–H groups in total. The molecule has 0 spiro atoms. The zero-order valence-electron chi connectivity index (χ0n) is 4.32. The van der Waals surface area contributed by atoms with Crippen molar-refractivity contribution in [1.29, 1.82) is 0 Å². The predicted molar refractivity (Wildman–Crippen MR) is 41.5 cm³/mol. The van der Waals surface area contributed by atoms with Crippen LogP contribution in [0.2, 0.25) is 6.32 Å². The minimum atomic E-state index is -0.662. The Balaban J connectivity index is 2.68. The predicted octanol–water partition coefficient (Wildman–Crippen LogP) is 2.22. The lowest BCUT2D eigenvalue weighted by atomic mass is 10.0.